The number of amides is 1. The van der Waals surface area contributed by atoms with Gasteiger partial charge in [0.2, 0.25) is 0 Å². The maximum atomic E-state index is 11.4. The molecule has 5 nitrogen and oxygen atoms in total. The van der Waals surface area contributed by atoms with E-state index in [-0.39, 0.29) is 11.9 Å². The van der Waals surface area contributed by atoms with Crippen LogP contribution in [0.3, 0.4) is 0 Å². The van der Waals surface area contributed by atoms with Crippen LogP contribution in [0.25, 0.3) is 0 Å². The highest BCUT2D eigenvalue weighted by Crippen LogP contribution is 2.36. The standard InChI is InChI=1S/C19H27NO4/c1-3-4-17(13-20-18(21)22-2)14-5-6-16-12-19(23-9-10-24-19)8-7-15(16)11-14/h5-6,11,17H,3-4,7-10,12-13H2,1-2H3,(H,20,21). The van der Waals surface area contributed by atoms with E-state index in [0.717, 1.165) is 32.1 Å². The van der Waals surface area contributed by atoms with Gasteiger partial charge in [-0.1, -0.05) is 31.5 Å². The van der Waals surface area contributed by atoms with E-state index in [2.05, 4.69) is 35.2 Å². The number of alkyl carbamates (subject to hydrolysis) is 1. The van der Waals surface area contributed by atoms with Gasteiger partial charge in [0, 0.05) is 25.3 Å². The molecule has 24 heavy (non-hydrogen) atoms. The summed E-state index contributed by atoms with van der Waals surface area (Å²) in [6, 6.07) is 6.69. The molecule has 2 aliphatic rings. The van der Waals surface area contributed by atoms with Gasteiger partial charge in [0.1, 0.15) is 0 Å². The predicted molar refractivity (Wildman–Crippen MR) is 91.2 cm³/mol. The number of nitrogens with one attached hydrogen (secondary N) is 1. The summed E-state index contributed by atoms with van der Waals surface area (Å²) in [6.07, 6.45) is 4.48. The maximum Gasteiger partial charge on any atom is 0.406 e. The Hall–Kier alpha value is -1.59. The summed E-state index contributed by atoms with van der Waals surface area (Å²) in [7, 11) is 1.39. The van der Waals surface area contributed by atoms with Gasteiger partial charge in [0.15, 0.2) is 5.79 Å². The molecule has 0 radical (unpaired) electrons. The number of carbonyl (C=O) groups excluding carboxylic acids is 1. The summed E-state index contributed by atoms with van der Waals surface area (Å²) in [4.78, 5) is 11.4. The second-order valence-corrected chi connectivity index (χ2v) is 6.67. The highest BCUT2D eigenvalue weighted by atomic mass is 16.7. The lowest BCUT2D eigenvalue weighted by molar-refractivity contribution is -0.163. The van der Waals surface area contributed by atoms with Crippen LogP contribution in [0.2, 0.25) is 0 Å². The summed E-state index contributed by atoms with van der Waals surface area (Å²) in [5.74, 6) is -0.0710. The number of carbonyl (C=O) groups is 1. The van der Waals surface area contributed by atoms with Crippen LogP contribution >= 0.6 is 0 Å². The molecule has 1 atom stereocenters. The third-order valence-corrected chi connectivity index (χ3v) is 5.07. The minimum Gasteiger partial charge on any atom is -0.453 e. The molecule has 0 saturated carbocycles. The molecule has 1 saturated heterocycles. The van der Waals surface area contributed by atoms with Crippen molar-refractivity contribution in [2.45, 2.75) is 50.7 Å². The van der Waals surface area contributed by atoms with Crippen LogP contribution in [0.1, 0.15) is 48.8 Å². The van der Waals surface area contributed by atoms with Gasteiger partial charge in [-0.05, 0) is 29.5 Å². The Morgan fingerprint density at radius 1 is 1.33 bits per heavy atom. The van der Waals surface area contributed by atoms with Crippen LogP contribution in [0, 0.1) is 0 Å². The first-order chi connectivity index (χ1) is 11.7. The van der Waals surface area contributed by atoms with Gasteiger partial charge >= 0.3 is 6.09 Å². The van der Waals surface area contributed by atoms with Gasteiger partial charge in [-0.15, -0.1) is 0 Å². The number of aryl methyl sites for hydroxylation is 1. The third-order valence-electron chi connectivity index (χ3n) is 5.07. The Labute approximate surface area is 143 Å². The Morgan fingerprint density at radius 2 is 2.12 bits per heavy atom. The molecule has 1 N–H and O–H groups in total. The molecule has 1 aliphatic carbocycles. The lowest BCUT2D eigenvalue weighted by atomic mass is 9.83. The van der Waals surface area contributed by atoms with E-state index in [1.165, 1.54) is 23.8 Å². The van der Waals surface area contributed by atoms with Gasteiger partial charge in [0.25, 0.3) is 0 Å². The normalized spacial score (nSPS) is 19.8. The molecule has 132 valence electrons. The monoisotopic (exact) mass is 333 g/mol. The van der Waals surface area contributed by atoms with E-state index in [9.17, 15) is 4.79 Å². The van der Waals surface area contributed by atoms with Crippen molar-refractivity contribution in [1.29, 1.82) is 0 Å². The average Bonchev–Trinajstić information content (AvgIpc) is 3.05. The van der Waals surface area contributed by atoms with Crippen molar-refractivity contribution < 1.29 is 19.0 Å². The van der Waals surface area contributed by atoms with Crippen molar-refractivity contribution >= 4 is 6.09 Å². The summed E-state index contributed by atoms with van der Waals surface area (Å²) < 4.78 is 16.4. The lowest BCUT2D eigenvalue weighted by Crippen LogP contribution is -2.37. The van der Waals surface area contributed by atoms with E-state index in [1.54, 1.807) is 0 Å². The van der Waals surface area contributed by atoms with Gasteiger partial charge < -0.3 is 19.5 Å². The zero-order valence-electron chi connectivity index (χ0n) is 14.6. The molecule has 3 rings (SSSR count). The molecule has 0 aromatic heterocycles. The number of hydrogen-bond acceptors (Lipinski definition) is 4. The summed E-state index contributed by atoms with van der Waals surface area (Å²) >= 11 is 0. The zero-order valence-corrected chi connectivity index (χ0v) is 14.6. The number of hydrogen-bond donors (Lipinski definition) is 1. The van der Waals surface area contributed by atoms with Crippen molar-refractivity contribution in [3.05, 3.63) is 34.9 Å². The lowest BCUT2D eigenvalue weighted by Gasteiger charge is -2.33. The first-order valence-electron chi connectivity index (χ1n) is 8.87. The Bertz CT molecular complexity index is 581. The van der Waals surface area contributed by atoms with Crippen molar-refractivity contribution in [2.75, 3.05) is 26.9 Å². The molecule has 0 bridgehead atoms. The molecular formula is C19H27NO4. The predicted octanol–water partition coefficient (Wildman–Crippen LogP) is 3.16. The molecular weight excluding hydrogens is 306 g/mol. The zero-order chi connectivity index (χ0) is 17.0. The minimum atomic E-state index is -0.385. The van der Waals surface area contributed by atoms with E-state index in [1.807, 2.05) is 0 Å². The largest absolute Gasteiger partial charge is 0.453 e. The maximum absolute atomic E-state index is 11.4. The fourth-order valence-corrected chi connectivity index (χ4v) is 3.77. The average molecular weight is 333 g/mol. The topological polar surface area (TPSA) is 56.8 Å². The van der Waals surface area contributed by atoms with Crippen LogP contribution in [-0.2, 0) is 27.1 Å². The fourth-order valence-electron chi connectivity index (χ4n) is 3.77. The van der Waals surface area contributed by atoms with Crippen molar-refractivity contribution in [3.63, 3.8) is 0 Å². The van der Waals surface area contributed by atoms with E-state index in [4.69, 9.17) is 9.47 Å². The van der Waals surface area contributed by atoms with Gasteiger partial charge in [0.05, 0.1) is 20.3 Å². The Kier molecular flexibility index (Phi) is 5.41. The quantitative estimate of drug-likeness (QED) is 0.899. The number of rotatable bonds is 5. The molecule has 1 amide bonds. The molecule has 5 heteroatoms. The van der Waals surface area contributed by atoms with Crippen LogP contribution in [0.5, 0.6) is 0 Å². The van der Waals surface area contributed by atoms with Gasteiger partial charge in [-0.2, -0.15) is 0 Å². The summed E-state index contributed by atoms with van der Waals surface area (Å²) in [5.41, 5.74) is 4.00. The fraction of sp³-hybridized carbons (Fsp3) is 0.632. The van der Waals surface area contributed by atoms with E-state index >= 15 is 0 Å². The Morgan fingerprint density at radius 3 is 2.83 bits per heavy atom. The van der Waals surface area contributed by atoms with Crippen LogP contribution in [0.15, 0.2) is 18.2 Å². The summed E-state index contributed by atoms with van der Waals surface area (Å²) in [5, 5.41) is 2.83. The second kappa shape index (κ2) is 7.53. The first kappa shape index (κ1) is 17.2. The van der Waals surface area contributed by atoms with Crippen molar-refractivity contribution in [3.8, 4) is 0 Å². The van der Waals surface area contributed by atoms with Gasteiger partial charge in [-0.25, -0.2) is 4.79 Å². The van der Waals surface area contributed by atoms with E-state index in [0.29, 0.717) is 25.7 Å². The highest BCUT2D eigenvalue weighted by Gasteiger charge is 2.39. The molecule has 1 fully saturated rings. The number of ether oxygens (including phenoxy) is 3. The summed E-state index contributed by atoms with van der Waals surface area (Å²) in [6.45, 7) is 4.17. The molecule has 1 aromatic carbocycles. The van der Waals surface area contributed by atoms with Crippen molar-refractivity contribution in [1.82, 2.24) is 5.32 Å². The smallest absolute Gasteiger partial charge is 0.406 e. The second-order valence-electron chi connectivity index (χ2n) is 6.67. The number of fused-ring (bicyclic) bond motifs is 1. The first-order valence-corrected chi connectivity index (χ1v) is 8.87. The molecule has 1 heterocycles. The van der Waals surface area contributed by atoms with Crippen LogP contribution in [0.4, 0.5) is 4.79 Å². The number of benzene rings is 1. The minimum absolute atomic E-state index is 0.314. The Balaban J connectivity index is 1.73. The SMILES string of the molecule is CCCC(CNC(=O)OC)c1ccc2c(c1)CCC1(C2)OCCO1. The van der Waals surface area contributed by atoms with Crippen LogP contribution in [-0.4, -0.2) is 38.7 Å². The van der Waals surface area contributed by atoms with Crippen LogP contribution < -0.4 is 5.32 Å². The number of methoxy groups -OCH3 is 1. The molecule has 1 aromatic rings. The van der Waals surface area contributed by atoms with Gasteiger partial charge in [-0.3, -0.25) is 0 Å². The highest BCUT2D eigenvalue weighted by molar-refractivity contribution is 5.66. The molecule has 1 aliphatic heterocycles. The molecule has 1 spiro atoms. The molecule has 1 unspecified atom stereocenters. The third kappa shape index (κ3) is 3.73. The van der Waals surface area contributed by atoms with E-state index < -0.39 is 0 Å². The van der Waals surface area contributed by atoms with Crippen molar-refractivity contribution in [2.24, 2.45) is 0 Å².